The van der Waals surface area contributed by atoms with E-state index < -0.39 is 5.76 Å². The molecule has 0 N–H and O–H groups in total. The Morgan fingerprint density at radius 2 is 1.75 bits per heavy atom. The number of nitrogens with zero attached hydrogens (tertiary/aromatic N) is 2. The third-order valence-electron chi connectivity index (χ3n) is 3.62. The van der Waals surface area contributed by atoms with Crippen LogP contribution in [0.2, 0.25) is 0 Å². The number of hydrogen-bond acceptors (Lipinski definition) is 4. The lowest BCUT2D eigenvalue weighted by Crippen LogP contribution is -2.19. The zero-order valence-electron chi connectivity index (χ0n) is 13.8. The summed E-state index contributed by atoms with van der Waals surface area (Å²) in [5.74, 6) is 0.775. The van der Waals surface area contributed by atoms with Crippen LogP contribution in [0.15, 0.2) is 70.0 Å². The van der Waals surface area contributed by atoms with Gasteiger partial charge >= 0.3 is 5.76 Å². The summed E-state index contributed by atoms with van der Waals surface area (Å²) in [4.78, 5) is 14.2. The summed E-state index contributed by atoms with van der Waals surface area (Å²) in [5, 5.41) is 0. The molecular formula is C19H20N2O3. The minimum absolute atomic E-state index is 0.417. The first-order valence-electron chi connectivity index (χ1n) is 7.80. The van der Waals surface area contributed by atoms with E-state index >= 15 is 0 Å². The van der Waals surface area contributed by atoms with E-state index in [0.717, 1.165) is 17.8 Å². The first kappa shape index (κ1) is 16.1. The lowest BCUT2D eigenvalue weighted by atomic mass is 10.1. The molecular weight excluding hydrogens is 304 g/mol. The van der Waals surface area contributed by atoms with E-state index in [1.807, 2.05) is 68.7 Å². The van der Waals surface area contributed by atoms with Gasteiger partial charge in [-0.2, -0.15) is 0 Å². The predicted molar refractivity (Wildman–Crippen MR) is 93.8 cm³/mol. The van der Waals surface area contributed by atoms with E-state index in [9.17, 15) is 4.79 Å². The minimum Gasteiger partial charge on any atom is -0.491 e. The van der Waals surface area contributed by atoms with E-state index in [1.54, 1.807) is 6.20 Å². The van der Waals surface area contributed by atoms with Crippen molar-refractivity contribution < 1.29 is 9.15 Å². The molecule has 0 saturated heterocycles. The molecule has 0 radical (unpaired) electrons. The van der Waals surface area contributed by atoms with Crippen LogP contribution in [0.25, 0.3) is 17.0 Å². The number of rotatable bonds is 6. The lowest BCUT2D eigenvalue weighted by Gasteiger charge is -2.12. The summed E-state index contributed by atoms with van der Waals surface area (Å²) in [6.07, 6.45) is 1.70. The van der Waals surface area contributed by atoms with Crippen molar-refractivity contribution in [2.45, 2.75) is 0 Å². The maximum Gasteiger partial charge on any atom is 0.424 e. The lowest BCUT2D eigenvalue weighted by molar-refractivity contribution is 0.262. The molecule has 0 bridgehead atoms. The molecule has 0 aliphatic rings. The number of hydrogen-bond donors (Lipinski definition) is 0. The molecule has 0 aliphatic carbocycles. The molecule has 0 saturated carbocycles. The summed E-state index contributed by atoms with van der Waals surface area (Å²) in [7, 11) is 3.99. The van der Waals surface area contributed by atoms with Crippen LogP contribution < -0.4 is 10.5 Å². The van der Waals surface area contributed by atoms with Crippen LogP contribution >= 0.6 is 0 Å². The highest BCUT2D eigenvalue weighted by atomic mass is 16.5. The quantitative estimate of drug-likeness (QED) is 0.699. The molecule has 0 spiro atoms. The Labute approximate surface area is 140 Å². The van der Waals surface area contributed by atoms with Gasteiger partial charge in [0, 0.05) is 6.54 Å². The second kappa shape index (κ2) is 7.19. The van der Waals surface area contributed by atoms with Crippen molar-refractivity contribution in [2.24, 2.45) is 0 Å². The van der Waals surface area contributed by atoms with E-state index in [4.69, 9.17) is 9.15 Å². The standard InChI is InChI=1S/C19H20N2O3/c1-20(2)12-13-23-17-11-7-6-10-16(17)18-14-21(19(22)24-18)15-8-4-3-5-9-15/h3-11,14H,12-13H2,1-2H3. The Bertz CT molecular complexity index is 850. The maximum absolute atomic E-state index is 12.2. The van der Waals surface area contributed by atoms with Gasteiger partial charge in [-0.05, 0) is 38.4 Å². The highest BCUT2D eigenvalue weighted by Crippen LogP contribution is 2.29. The molecule has 0 atom stereocenters. The van der Waals surface area contributed by atoms with Crippen LogP contribution in [-0.2, 0) is 0 Å². The SMILES string of the molecule is CN(C)CCOc1ccccc1-c1cn(-c2ccccc2)c(=O)o1. The van der Waals surface area contributed by atoms with Crippen molar-refractivity contribution in [1.29, 1.82) is 0 Å². The fraction of sp³-hybridized carbons (Fsp3) is 0.211. The summed E-state index contributed by atoms with van der Waals surface area (Å²) >= 11 is 0. The van der Waals surface area contributed by atoms with Gasteiger partial charge in [0.15, 0.2) is 5.76 Å². The molecule has 24 heavy (non-hydrogen) atoms. The number of para-hydroxylation sites is 2. The average molecular weight is 324 g/mol. The Balaban J connectivity index is 1.91. The third kappa shape index (κ3) is 3.58. The van der Waals surface area contributed by atoms with Gasteiger partial charge in [0.25, 0.3) is 0 Å². The van der Waals surface area contributed by atoms with E-state index in [0.29, 0.717) is 18.1 Å². The molecule has 0 unspecified atom stereocenters. The highest BCUT2D eigenvalue weighted by Gasteiger charge is 2.13. The van der Waals surface area contributed by atoms with Crippen molar-refractivity contribution in [2.75, 3.05) is 27.2 Å². The smallest absolute Gasteiger partial charge is 0.424 e. The van der Waals surface area contributed by atoms with Gasteiger partial charge < -0.3 is 14.1 Å². The summed E-state index contributed by atoms with van der Waals surface area (Å²) in [6, 6.07) is 17.0. The van der Waals surface area contributed by atoms with Crippen LogP contribution in [0.1, 0.15) is 0 Å². The maximum atomic E-state index is 12.2. The van der Waals surface area contributed by atoms with Crippen LogP contribution in [0.4, 0.5) is 0 Å². The third-order valence-corrected chi connectivity index (χ3v) is 3.62. The van der Waals surface area contributed by atoms with Gasteiger partial charge in [-0.1, -0.05) is 30.3 Å². The van der Waals surface area contributed by atoms with Crippen LogP contribution in [0.5, 0.6) is 5.75 Å². The van der Waals surface area contributed by atoms with E-state index in [2.05, 4.69) is 4.90 Å². The fourth-order valence-electron chi connectivity index (χ4n) is 2.37. The molecule has 5 nitrogen and oxygen atoms in total. The number of ether oxygens (including phenoxy) is 1. The molecule has 0 amide bonds. The van der Waals surface area contributed by atoms with Gasteiger partial charge in [0.1, 0.15) is 12.4 Å². The Hall–Kier alpha value is -2.79. The number of likely N-dealkylation sites (N-methyl/N-ethyl adjacent to an activating group) is 1. The molecule has 3 aromatic rings. The van der Waals surface area contributed by atoms with E-state index in [1.165, 1.54) is 4.57 Å². The largest absolute Gasteiger partial charge is 0.491 e. The molecule has 1 aromatic heterocycles. The molecule has 1 heterocycles. The summed E-state index contributed by atoms with van der Waals surface area (Å²) < 4.78 is 12.8. The molecule has 5 heteroatoms. The van der Waals surface area contributed by atoms with Gasteiger partial charge in [-0.25, -0.2) is 9.36 Å². The molecule has 124 valence electrons. The fourth-order valence-corrected chi connectivity index (χ4v) is 2.37. The second-order valence-corrected chi connectivity index (χ2v) is 5.71. The minimum atomic E-state index is -0.417. The second-order valence-electron chi connectivity index (χ2n) is 5.71. The first-order chi connectivity index (χ1) is 11.6. The van der Waals surface area contributed by atoms with Crippen LogP contribution in [-0.4, -0.2) is 36.7 Å². The van der Waals surface area contributed by atoms with Gasteiger partial charge in [-0.15, -0.1) is 0 Å². The Kier molecular flexibility index (Phi) is 4.82. The summed E-state index contributed by atoms with van der Waals surface area (Å²) in [5.41, 5.74) is 1.53. The molecule has 3 rings (SSSR count). The van der Waals surface area contributed by atoms with Crippen LogP contribution in [0, 0.1) is 0 Å². The first-order valence-corrected chi connectivity index (χ1v) is 7.80. The number of benzene rings is 2. The average Bonchev–Trinajstić information content (AvgIpc) is 2.97. The van der Waals surface area contributed by atoms with Gasteiger partial charge in [0.05, 0.1) is 17.4 Å². The van der Waals surface area contributed by atoms with Crippen molar-refractivity contribution in [3.63, 3.8) is 0 Å². The van der Waals surface area contributed by atoms with Gasteiger partial charge in [-0.3, -0.25) is 0 Å². The molecule has 0 aliphatic heterocycles. The van der Waals surface area contributed by atoms with Crippen molar-refractivity contribution in [3.05, 3.63) is 71.3 Å². The van der Waals surface area contributed by atoms with Crippen molar-refractivity contribution in [3.8, 4) is 22.8 Å². The normalized spacial score (nSPS) is 11.0. The molecule has 0 fully saturated rings. The van der Waals surface area contributed by atoms with E-state index in [-0.39, 0.29) is 0 Å². The summed E-state index contributed by atoms with van der Waals surface area (Å²) in [6.45, 7) is 1.37. The van der Waals surface area contributed by atoms with Crippen molar-refractivity contribution >= 4 is 0 Å². The Morgan fingerprint density at radius 3 is 2.50 bits per heavy atom. The topological polar surface area (TPSA) is 47.6 Å². The number of oxazole rings is 1. The predicted octanol–water partition coefficient (Wildman–Crippen LogP) is 3.04. The van der Waals surface area contributed by atoms with Crippen LogP contribution in [0.3, 0.4) is 0 Å². The Morgan fingerprint density at radius 1 is 1.04 bits per heavy atom. The molecule has 2 aromatic carbocycles. The van der Waals surface area contributed by atoms with Crippen molar-refractivity contribution in [1.82, 2.24) is 9.47 Å². The zero-order chi connectivity index (χ0) is 16.9. The number of aromatic nitrogens is 1. The highest BCUT2D eigenvalue weighted by molar-refractivity contribution is 5.65. The van der Waals surface area contributed by atoms with Gasteiger partial charge in [0.2, 0.25) is 0 Å². The zero-order valence-corrected chi connectivity index (χ0v) is 13.8. The monoisotopic (exact) mass is 324 g/mol.